The molecule has 2 unspecified atom stereocenters. The van der Waals surface area contributed by atoms with Crippen molar-refractivity contribution in [3.05, 3.63) is 29.8 Å². The number of ether oxygens (including phenoxy) is 1. The molecule has 2 fully saturated rings. The summed E-state index contributed by atoms with van der Waals surface area (Å²) in [5.74, 6) is 0.944. The summed E-state index contributed by atoms with van der Waals surface area (Å²) in [6, 6.07) is 9.64. The number of rotatable bonds is 6. The normalized spacial score (nSPS) is 25.2. The molecular formula is C16H24N2O. The van der Waals surface area contributed by atoms with Gasteiger partial charge in [0.1, 0.15) is 0 Å². The van der Waals surface area contributed by atoms with Gasteiger partial charge in [-0.25, -0.2) is 0 Å². The molecule has 0 radical (unpaired) electrons. The number of anilines is 1. The SMILES string of the molecule is COCCNCc1ccccc1N1CC2CCC1C2. The first-order valence-electron chi connectivity index (χ1n) is 7.42. The van der Waals surface area contributed by atoms with E-state index in [1.807, 2.05) is 0 Å². The topological polar surface area (TPSA) is 24.5 Å². The van der Waals surface area contributed by atoms with Crippen LogP contribution in [0.2, 0.25) is 0 Å². The lowest BCUT2D eigenvalue weighted by atomic mass is 10.1. The van der Waals surface area contributed by atoms with Crippen molar-refractivity contribution in [1.82, 2.24) is 5.32 Å². The molecule has 3 nitrogen and oxygen atoms in total. The average molecular weight is 260 g/mol. The maximum absolute atomic E-state index is 5.08. The van der Waals surface area contributed by atoms with Crippen LogP contribution >= 0.6 is 0 Å². The minimum absolute atomic E-state index is 0.774. The Balaban J connectivity index is 1.67. The number of fused-ring (bicyclic) bond motifs is 2. The van der Waals surface area contributed by atoms with E-state index in [-0.39, 0.29) is 0 Å². The van der Waals surface area contributed by atoms with Gasteiger partial charge in [0, 0.05) is 38.5 Å². The van der Waals surface area contributed by atoms with Gasteiger partial charge in [-0.3, -0.25) is 0 Å². The number of nitrogens with one attached hydrogen (secondary N) is 1. The molecule has 1 N–H and O–H groups in total. The highest BCUT2D eigenvalue weighted by atomic mass is 16.5. The Hall–Kier alpha value is -1.06. The van der Waals surface area contributed by atoms with Gasteiger partial charge in [0.15, 0.2) is 0 Å². The Kier molecular flexibility index (Phi) is 4.04. The Labute approximate surface area is 115 Å². The third-order valence-electron chi connectivity index (χ3n) is 4.51. The van der Waals surface area contributed by atoms with Crippen molar-refractivity contribution < 1.29 is 4.74 Å². The third-order valence-corrected chi connectivity index (χ3v) is 4.51. The van der Waals surface area contributed by atoms with Crippen molar-refractivity contribution in [3.63, 3.8) is 0 Å². The molecule has 2 atom stereocenters. The van der Waals surface area contributed by atoms with Gasteiger partial charge in [0.05, 0.1) is 6.61 Å². The lowest BCUT2D eigenvalue weighted by Crippen LogP contribution is -2.33. The minimum atomic E-state index is 0.774. The summed E-state index contributed by atoms with van der Waals surface area (Å²) >= 11 is 0. The highest BCUT2D eigenvalue weighted by molar-refractivity contribution is 5.55. The average Bonchev–Trinajstić information content (AvgIpc) is 3.07. The molecule has 1 saturated heterocycles. The maximum atomic E-state index is 5.08. The van der Waals surface area contributed by atoms with Gasteiger partial charge in [0.25, 0.3) is 0 Å². The molecule has 0 spiro atoms. The quantitative estimate of drug-likeness (QED) is 0.795. The molecule has 2 aliphatic rings. The molecule has 0 aromatic heterocycles. The standard InChI is InChI=1S/C16H24N2O/c1-19-9-8-17-11-14-4-2-3-5-16(14)18-12-13-6-7-15(18)10-13/h2-5,13,15,17H,6-12H2,1H3. The molecule has 3 heteroatoms. The van der Waals surface area contributed by atoms with Crippen LogP contribution < -0.4 is 10.2 Å². The van der Waals surface area contributed by atoms with E-state index >= 15 is 0 Å². The van der Waals surface area contributed by atoms with Crippen LogP contribution in [0, 0.1) is 5.92 Å². The molecule has 0 amide bonds. The number of nitrogens with zero attached hydrogens (tertiary/aromatic N) is 1. The zero-order valence-corrected chi connectivity index (χ0v) is 11.8. The second-order valence-electron chi connectivity index (χ2n) is 5.78. The molecule has 104 valence electrons. The molecule has 1 heterocycles. The highest BCUT2D eigenvalue weighted by Crippen LogP contribution is 2.41. The number of hydrogen-bond acceptors (Lipinski definition) is 3. The Morgan fingerprint density at radius 3 is 2.95 bits per heavy atom. The number of para-hydroxylation sites is 1. The molecule has 1 aromatic carbocycles. The predicted molar refractivity (Wildman–Crippen MR) is 78.5 cm³/mol. The smallest absolute Gasteiger partial charge is 0.0587 e. The van der Waals surface area contributed by atoms with Gasteiger partial charge < -0.3 is 15.0 Å². The first-order valence-corrected chi connectivity index (χ1v) is 7.42. The summed E-state index contributed by atoms with van der Waals surface area (Å²) in [4.78, 5) is 2.64. The van der Waals surface area contributed by atoms with Gasteiger partial charge in [-0.15, -0.1) is 0 Å². The molecule has 1 aromatic rings. The van der Waals surface area contributed by atoms with E-state index in [9.17, 15) is 0 Å². The van der Waals surface area contributed by atoms with Gasteiger partial charge in [-0.2, -0.15) is 0 Å². The van der Waals surface area contributed by atoms with E-state index in [1.165, 1.54) is 37.1 Å². The summed E-state index contributed by atoms with van der Waals surface area (Å²) in [7, 11) is 1.75. The second kappa shape index (κ2) is 5.93. The Morgan fingerprint density at radius 1 is 1.32 bits per heavy atom. The summed E-state index contributed by atoms with van der Waals surface area (Å²) in [6.07, 6.45) is 4.23. The monoisotopic (exact) mass is 260 g/mol. The zero-order valence-electron chi connectivity index (χ0n) is 11.8. The first kappa shape index (κ1) is 12.9. The lowest BCUT2D eigenvalue weighted by molar-refractivity contribution is 0.199. The van der Waals surface area contributed by atoms with Crippen LogP contribution in [0.25, 0.3) is 0 Å². The van der Waals surface area contributed by atoms with E-state index < -0.39 is 0 Å². The number of methoxy groups -OCH3 is 1. The minimum Gasteiger partial charge on any atom is -0.383 e. The molecule has 3 rings (SSSR count). The summed E-state index contributed by atoms with van der Waals surface area (Å²) in [5, 5.41) is 3.46. The fraction of sp³-hybridized carbons (Fsp3) is 0.625. The van der Waals surface area contributed by atoms with E-state index in [0.29, 0.717) is 0 Å². The van der Waals surface area contributed by atoms with Crippen LogP contribution in [0.4, 0.5) is 5.69 Å². The van der Waals surface area contributed by atoms with Crippen LogP contribution in [0.5, 0.6) is 0 Å². The van der Waals surface area contributed by atoms with Crippen LogP contribution in [0.15, 0.2) is 24.3 Å². The summed E-state index contributed by atoms with van der Waals surface area (Å²) in [6.45, 7) is 3.89. The lowest BCUT2D eigenvalue weighted by Gasteiger charge is -2.31. The van der Waals surface area contributed by atoms with E-state index in [4.69, 9.17) is 4.74 Å². The van der Waals surface area contributed by atoms with Crippen LogP contribution in [0.3, 0.4) is 0 Å². The van der Waals surface area contributed by atoms with Crippen LogP contribution in [0.1, 0.15) is 24.8 Å². The Morgan fingerprint density at radius 2 is 2.21 bits per heavy atom. The van der Waals surface area contributed by atoms with Gasteiger partial charge in [-0.1, -0.05) is 18.2 Å². The molecule has 1 aliphatic heterocycles. The van der Waals surface area contributed by atoms with Crippen molar-refractivity contribution >= 4 is 5.69 Å². The van der Waals surface area contributed by atoms with Crippen LogP contribution in [-0.4, -0.2) is 32.8 Å². The van der Waals surface area contributed by atoms with Crippen molar-refractivity contribution in [3.8, 4) is 0 Å². The van der Waals surface area contributed by atoms with Gasteiger partial charge >= 0.3 is 0 Å². The maximum Gasteiger partial charge on any atom is 0.0587 e. The molecular weight excluding hydrogens is 236 g/mol. The molecule has 1 saturated carbocycles. The second-order valence-corrected chi connectivity index (χ2v) is 5.78. The summed E-state index contributed by atoms with van der Waals surface area (Å²) in [5.41, 5.74) is 2.87. The van der Waals surface area contributed by atoms with E-state index in [0.717, 1.165) is 31.7 Å². The van der Waals surface area contributed by atoms with E-state index in [1.54, 1.807) is 7.11 Å². The fourth-order valence-corrected chi connectivity index (χ4v) is 3.56. The fourth-order valence-electron chi connectivity index (χ4n) is 3.56. The first-order chi connectivity index (χ1) is 9.38. The van der Waals surface area contributed by atoms with Crippen LogP contribution in [-0.2, 0) is 11.3 Å². The third kappa shape index (κ3) is 2.77. The Bertz CT molecular complexity index is 421. The van der Waals surface area contributed by atoms with Gasteiger partial charge in [-0.05, 0) is 36.8 Å². The molecule has 19 heavy (non-hydrogen) atoms. The molecule has 1 aliphatic carbocycles. The summed E-state index contributed by atoms with van der Waals surface area (Å²) < 4.78 is 5.08. The van der Waals surface area contributed by atoms with E-state index in [2.05, 4.69) is 34.5 Å². The number of piperidine rings is 1. The largest absolute Gasteiger partial charge is 0.383 e. The van der Waals surface area contributed by atoms with Crippen molar-refractivity contribution in [2.45, 2.75) is 31.8 Å². The van der Waals surface area contributed by atoms with Crippen molar-refractivity contribution in [2.24, 2.45) is 5.92 Å². The molecule has 2 bridgehead atoms. The predicted octanol–water partition coefficient (Wildman–Crippen LogP) is 2.41. The highest BCUT2D eigenvalue weighted by Gasteiger charge is 2.38. The zero-order chi connectivity index (χ0) is 13.1. The van der Waals surface area contributed by atoms with Crippen molar-refractivity contribution in [2.75, 3.05) is 31.7 Å². The number of benzene rings is 1. The van der Waals surface area contributed by atoms with Crippen molar-refractivity contribution in [1.29, 1.82) is 0 Å². The van der Waals surface area contributed by atoms with Gasteiger partial charge in [0.2, 0.25) is 0 Å². The number of hydrogen-bond donors (Lipinski definition) is 1.